The van der Waals surface area contributed by atoms with Crippen molar-refractivity contribution in [2.75, 3.05) is 13.1 Å². The van der Waals surface area contributed by atoms with E-state index in [1.54, 1.807) is 4.90 Å². The van der Waals surface area contributed by atoms with Gasteiger partial charge < -0.3 is 10.6 Å². The van der Waals surface area contributed by atoms with Gasteiger partial charge in [0.15, 0.2) is 11.6 Å². The van der Waals surface area contributed by atoms with Gasteiger partial charge in [-0.3, -0.25) is 4.79 Å². The minimum absolute atomic E-state index is 0. The van der Waals surface area contributed by atoms with Gasteiger partial charge >= 0.3 is 0 Å². The molecule has 1 aromatic rings. The third-order valence-electron chi connectivity index (χ3n) is 2.99. The van der Waals surface area contributed by atoms with E-state index in [1.165, 1.54) is 0 Å². The van der Waals surface area contributed by atoms with Gasteiger partial charge in [0.05, 0.1) is 5.56 Å². The number of benzene rings is 1. The molecule has 0 saturated carbocycles. The van der Waals surface area contributed by atoms with Crippen LogP contribution in [0.25, 0.3) is 0 Å². The van der Waals surface area contributed by atoms with Gasteiger partial charge in [0, 0.05) is 22.7 Å². The fraction of sp³-hybridized carbons (Fsp3) is 0.417. The second-order valence-corrected chi connectivity index (χ2v) is 5.56. The van der Waals surface area contributed by atoms with E-state index < -0.39 is 11.6 Å². The van der Waals surface area contributed by atoms with Crippen LogP contribution in [0, 0.1) is 15.2 Å². The lowest BCUT2D eigenvalue weighted by molar-refractivity contribution is 0.0707. The summed E-state index contributed by atoms with van der Waals surface area (Å²) in [6.07, 6.45) is 1.73. The molecule has 7 heteroatoms. The first-order valence-electron chi connectivity index (χ1n) is 5.68. The SMILES string of the molecule is Cl.NC1CCCN(C(=O)c2cc(F)c(F)cc2I)C1. The predicted octanol–water partition coefficient (Wildman–Crippen LogP) is 2.55. The van der Waals surface area contributed by atoms with Crippen molar-refractivity contribution >= 4 is 40.9 Å². The number of hydrogen-bond donors (Lipinski definition) is 1. The zero-order chi connectivity index (χ0) is 13.3. The van der Waals surface area contributed by atoms with E-state index >= 15 is 0 Å². The fourth-order valence-electron chi connectivity index (χ4n) is 2.05. The Kier molecular flexibility index (Phi) is 5.94. The number of carbonyl (C=O) groups excluding carboxylic acids is 1. The summed E-state index contributed by atoms with van der Waals surface area (Å²) in [5.41, 5.74) is 6.00. The molecule has 1 unspecified atom stereocenters. The van der Waals surface area contributed by atoms with E-state index in [9.17, 15) is 13.6 Å². The van der Waals surface area contributed by atoms with Gasteiger partial charge in [-0.05, 0) is 47.6 Å². The summed E-state index contributed by atoms with van der Waals surface area (Å²) in [5.74, 6) is -2.22. The molecule has 2 rings (SSSR count). The zero-order valence-electron chi connectivity index (χ0n) is 10.0. The summed E-state index contributed by atoms with van der Waals surface area (Å²) >= 11 is 1.83. The highest BCUT2D eigenvalue weighted by Gasteiger charge is 2.24. The molecule has 1 amide bonds. The Morgan fingerprint density at radius 3 is 2.63 bits per heavy atom. The number of nitrogens with zero attached hydrogens (tertiary/aromatic N) is 1. The van der Waals surface area contributed by atoms with E-state index in [0.717, 1.165) is 25.0 Å². The summed E-state index contributed by atoms with van der Waals surface area (Å²) in [6.45, 7) is 1.08. The second kappa shape index (κ2) is 6.81. The summed E-state index contributed by atoms with van der Waals surface area (Å²) in [5, 5.41) is 0. The van der Waals surface area contributed by atoms with Gasteiger partial charge in [0.2, 0.25) is 0 Å². The molecule has 1 aliphatic rings. The van der Waals surface area contributed by atoms with Crippen LogP contribution in [-0.2, 0) is 0 Å². The van der Waals surface area contributed by atoms with Crippen molar-refractivity contribution < 1.29 is 13.6 Å². The molecule has 2 N–H and O–H groups in total. The molecule has 0 spiro atoms. The molecule has 1 saturated heterocycles. The lowest BCUT2D eigenvalue weighted by Crippen LogP contribution is -2.45. The van der Waals surface area contributed by atoms with Crippen molar-refractivity contribution in [1.29, 1.82) is 0 Å². The average Bonchev–Trinajstić information content (AvgIpc) is 2.33. The smallest absolute Gasteiger partial charge is 0.255 e. The Hall–Kier alpha value is -0.470. The molecule has 1 atom stereocenters. The second-order valence-electron chi connectivity index (χ2n) is 4.40. The van der Waals surface area contributed by atoms with Crippen LogP contribution in [0.3, 0.4) is 0 Å². The van der Waals surface area contributed by atoms with Crippen LogP contribution in [0.2, 0.25) is 0 Å². The maximum atomic E-state index is 13.2. The predicted molar refractivity (Wildman–Crippen MR) is 79.4 cm³/mol. The Labute approximate surface area is 130 Å². The van der Waals surface area contributed by atoms with Crippen molar-refractivity contribution in [3.05, 3.63) is 32.9 Å². The van der Waals surface area contributed by atoms with Crippen LogP contribution in [0.1, 0.15) is 23.2 Å². The van der Waals surface area contributed by atoms with Gasteiger partial charge in [-0.2, -0.15) is 0 Å². The number of amides is 1. The van der Waals surface area contributed by atoms with Crippen LogP contribution >= 0.6 is 35.0 Å². The first-order chi connectivity index (χ1) is 8.49. The van der Waals surface area contributed by atoms with E-state index in [2.05, 4.69) is 0 Å². The molecule has 106 valence electrons. The van der Waals surface area contributed by atoms with Crippen molar-refractivity contribution in [3.8, 4) is 0 Å². The average molecular weight is 403 g/mol. The number of halogens is 4. The van der Waals surface area contributed by atoms with Crippen LogP contribution in [0.15, 0.2) is 12.1 Å². The summed E-state index contributed by atoms with van der Waals surface area (Å²) in [4.78, 5) is 13.8. The molecule has 0 radical (unpaired) electrons. The van der Waals surface area contributed by atoms with Gasteiger partial charge in [0.1, 0.15) is 0 Å². The number of carbonyl (C=O) groups is 1. The highest BCUT2D eigenvalue weighted by molar-refractivity contribution is 14.1. The fourth-order valence-corrected chi connectivity index (χ4v) is 2.71. The maximum absolute atomic E-state index is 13.2. The van der Waals surface area contributed by atoms with E-state index in [1.807, 2.05) is 22.6 Å². The summed E-state index contributed by atoms with van der Waals surface area (Å²) in [6, 6.07) is 1.96. The van der Waals surface area contributed by atoms with E-state index in [0.29, 0.717) is 16.7 Å². The van der Waals surface area contributed by atoms with Crippen molar-refractivity contribution in [3.63, 3.8) is 0 Å². The largest absolute Gasteiger partial charge is 0.337 e. The molecule has 1 aromatic carbocycles. The van der Waals surface area contributed by atoms with Crippen molar-refractivity contribution in [2.24, 2.45) is 5.73 Å². The lowest BCUT2D eigenvalue weighted by Gasteiger charge is -2.31. The van der Waals surface area contributed by atoms with Gasteiger partial charge in [-0.25, -0.2) is 8.78 Å². The Morgan fingerprint density at radius 1 is 1.37 bits per heavy atom. The molecule has 0 aromatic heterocycles. The van der Waals surface area contributed by atoms with Gasteiger partial charge in [0.25, 0.3) is 5.91 Å². The Balaban J connectivity index is 0.00000180. The van der Waals surface area contributed by atoms with Crippen molar-refractivity contribution in [2.45, 2.75) is 18.9 Å². The molecular formula is C12H14ClF2IN2O. The summed E-state index contributed by atoms with van der Waals surface area (Å²) in [7, 11) is 0. The first-order valence-corrected chi connectivity index (χ1v) is 6.76. The standard InChI is InChI=1S/C12H13F2IN2O.ClH/c13-9-4-8(11(15)5-10(9)14)12(18)17-3-1-2-7(16)6-17;/h4-5,7H,1-3,6,16H2;1H. The van der Waals surface area contributed by atoms with E-state index in [-0.39, 0.29) is 29.9 Å². The Bertz CT molecular complexity index is 487. The monoisotopic (exact) mass is 402 g/mol. The van der Waals surface area contributed by atoms with Crippen LogP contribution < -0.4 is 5.73 Å². The van der Waals surface area contributed by atoms with Gasteiger partial charge in [-0.1, -0.05) is 0 Å². The van der Waals surface area contributed by atoms with Gasteiger partial charge in [-0.15, -0.1) is 12.4 Å². The molecule has 0 aliphatic carbocycles. The quantitative estimate of drug-likeness (QED) is 0.580. The maximum Gasteiger partial charge on any atom is 0.255 e. The topological polar surface area (TPSA) is 46.3 Å². The Morgan fingerprint density at radius 2 is 2.00 bits per heavy atom. The third kappa shape index (κ3) is 3.76. The molecule has 1 aliphatic heterocycles. The normalized spacial score (nSPS) is 18.9. The third-order valence-corrected chi connectivity index (χ3v) is 3.88. The molecule has 3 nitrogen and oxygen atoms in total. The summed E-state index contributed by atoms with van der Waals surface area (Å²) < 4.78 is 26.6. The lowest BCUT2D eigenvalue weighted by atomic mass is 10.1. The van der Waals surface area contributed by atoms with Crippen molar-refractivity contribution in [1.82, 2.24) is 4.90 Å². The minimum Gasteiger partial charge on any atom is -0.337 e. The number of rotatable bonds is 1. The number of likely N-dealkylation sites (tertiary alicyclic amines) is 1. The zero-order valence-corrected chi connectivity index (χ0v) is 13.0. The van der Waals surface area contributed by atoms with E-state index in [4.69, 9.17) is 5.73 Å². The molecule has 1 heterocycles. The van der Waals surface area contributed by atoms with Crippen LogP contribution in [0.5, 0.6) is 0 Å². The number of piperidine rings is 1. The van der Waals surface area contributed by atoms with Crippen LogP contribution in [0.4, 0.5) is 8.78 Å². The molecule has 1 fully saturated rings. The molecule has 0 bridgehead atoms. The van der Waals surface area contributed by atoms with Crippen LogP contribution in [-0.4, -0.2) is 29.9 Å². The highest BCUT2D eigenvalue weighted by Crippen LogP contribution is 2.20. The highest BCUT2D eigenvalue weighted by atomic mass is 127. The minimum atomic E-state index is -1.000. The first kappa shape index (κ1) is 16.6. The number of hydrogen-bond acceptors (Lipinski definition) is 2. The molecular weight excluding hydrogens is 388 g/mol. The molecule has 19 heavy (non-hydrogen) atoms. The number of nitrogens with two attached hydrogens (primary N) is 1.